The number of rotatable bonds is 4. The summed E-state index contributed by atoms with van der Waals surface area (Å²) in [5.41, 5.74) is 0.795. The summed E-state index contributed by atoms with van der Waals surface area (Å²) in [4.78, 5) is 0. The average molecular weight is 234 g/mol. The zero-order valence-electron chi connectivity index (χ0n) is 7.93. The summed E-state index contributed by atoms with van der Waals surface area (Å²) in [6, 6.07) is 5.23. The van der Waals surface area contributed by atoms with Crippen LogP contribution in [0, 0.1) is 0 Å². The second-order valence-corrected chi connectivity index (χ2v) is 3.91. The van der Waals surface area contributed by atoms with Crippen molar-refractivity contribution < 1.29 is 5.11 Å². The molecule has 0 heterocycles. The van der Waals surface area contributed by atoms with Gasteiger partial charge in [-0.1, -0.05) is 30.1 Å². The van der Waals surface area contributed by atoms with Gasteiger partial charge in [0.25, 0.3) is 0 Å². The molecule has 0 aliphatic carbocycles. The van der Waals surface area contributed by atoms with E-state index >= 15 is 0 Å². The number of anilines is 1. The molecule has 0 bridgehead atoms. The van der Waals surface area contributed by atoms with Crippen molar-refractivity contribution in [2.45, 2.75) is 19.4 Å². The lowest BCUT2D eigenvalue weighted by Crippen LogP contribution is -2.18. The van der Waals surface area contributed by atoms with Gasteiger partial charge in [-0.25, -0.2) is 0 Å². The van der Waals surface area contributed by atoms with Crippen molar-refractivity contribution in [2.24, 2.45) is 0 Å². The van der Waals surface area contributed by atoms with Gasteiger partial charge in [-0.2, -0.15) is 0 Å². The Morgan fingerprint density at radius 2 is 2.14 bits per heavy atom. The Morgan fingerprint density at radius 3 is 2.71 bits per heavy atom. The molecular formula is C10H13Cl2NO. The molecule has 0 saturated heterocycles. The van der Waals surface area contributed by atoms with Crippen LogP contribution in [0.4, 0.5) is 5.69 Å². The largest absolute Gasteiger partial charge is 0.391 e. The minimum atomic E-state index is -0.346. The van der Waals surface area contributed by atoms with Gasteiger partial charge < -0.3 is 10.4 Å². The van der Waals surface area contributed by atoms with Gasteiger partial charge in [0.2, 0.25) is 0 Å². The Balaban J connectivity index is 2.59. The van der Waals surface area contributed by atoms with E-state index in [9.17, 15) is 5.11 Å². The molecule has 14 heavy (non-hydrogen) atoms. The Morgan fingerprint density at radius 1 is 1.43 bits per heavy atom. The Kier molecular flexibility index (Phi) is 4.52. The predicted molar refractivity (Wildman–Crippen MR) is 61.2 cm³/mol. The first-order valence-corrected chi connectivity index (χ1v) is 5.26. The lowest BCUT2D eigenvalue weighted by Gasteiger charge is -2.11. The number of aliphatic hydroxyl groups excluding tert-OH is 1. The molecule has 78 valence electrons. The zero-order chi connectivity index (χ0) is 10.6. The smallest absolute Gasteiger partial charge is 0.0709 e. The molecule has 0 radical (unpaired) electrons. The van der Waals surface area contributed by atoms with Gasteiger partial charge in [-0.05, 0) is 24.6 Å². The topological polar surface area (TPSA) is 32.3 Å². The first kappa shape index (κ1) is 11.6. The van der Waals surface area contributed by atoms with Gasteiger partial charge in [0.15, 0.2) is 0 Å². The summed E-state index contributed by atoms with van der Waals surface area (Å²) in [5, 5.41) is 13.6. The third-order valence-corrected chi connectivity index (χ3v) is 2.48. The van der Waals surface area contributed by atoms with E-state index < -0.39 is 0 Å². The van der Waals surface area contributed by atoms with Crippen LogP contribution in [0.15, 0.2) is 18.2 Å². The second kappa shape index (κ2) is 5.44. The third-order valence-electron chi connectivity index (χ3n) is 1.93. The van der Waals surface area contributed by atoms with Gasteiger partial charge in [0, 0.05) is 11.6 Å². The molecule has 1 atom stereocenters. The molecule has 0 amide bonds. The fraction of sp³-hybridized carbons (Fsp3) is 0.400. The molecule has 0 aliphatic rings. The van der Waals surface area contributed by atoms with Crippen LogP contribution in [-0.4, -0.2) is 17.8 Å². The Labute approximate surface area is 93.8 Å². The van der Waals surface area contributed by atoms with Crippen LogP contribution in [0.25, 0.3) is 0 Å². The third kappa shape index (κ3) is 3.37. The van der Waals surface area contributed by atoms with E-state index in [4.69, 9.17) is 23.2 Å². The van der Waals surface area contributed by atoms with Gasteiger partial charge in [-0.15, -0.1) is 0 Å². The summed E-state index contributed by atoms with van der Waals surface area (Å²) in [7, 11) is 0. The van der Waals surface area contributed by atoms with Crippen LogP contribution < -0.4 is 5.32 Å². The number of hydrogen-bond acceptors (Lipinski definition) is 2. The molecule has 0 fully saturated rings. The van der Waals surface area contributed by atoms with Crippen LogP contribution in [0.1, 0.15) is 13.3 Å². The Bertz CT molecular complexity index is 304. The summed E-state index contributed by atoms with van der Waals surface area (Å²) in [6.45, 7) is 2.42. The van der Waals surface area contributed by atoms with Gasteiger partial charge in [-0.3, -0.25) is 0 Å². The van der Waals surface area contributed by atoms with Crippen LogP contribution in [0.2, 0.25) is 10.0 Å². The SMILES string of the molecule is CCC(O)CNc1ccc(Cl)cc1Cl. The summed E-state index contributed by atoms with van der Waals surface area (Å²) in [6.07, 6.45) is 0.375. The van der Waals surface area contributed by atoms with E-state index in [1.54, 1.807) is 18.2 Å². The second-order valence-electron chi connectivity index (χ2n) is 3.07. The molecular weight excluding hydrogens is 221 g/mol. The molecule has 4 heteroatoms. The predicted octanol–water partition coefficient (Wildman–Crippen LogP) is 3.18. The highest BCUT2D eigenvalue weighted by Gasteiger charge is 2.03. The molecule has 0 spiro atoms. The fourth-order valence-corrected chi connectivity index (χ4v) is 1.48. The van der Waals surface area contributed by atoms with Crippen LogP contribution in [-0.2, 0) is 0 Å². The minimum absolute atomic E-state index is 0.346. The number of halogens is 2. The van der Waals surface area contributed by atoms with Crippen molar-refractivity contribution in [1.29, 1.82) is 0 Å². The highest BCUT2D eigenvalue weighted by atomic mass is 35.5. The van der Waals surface area contributed by atoms with Crippen LogP contribution in [0.3, 0.4) is 0 Å². The molecule has 0 aromatic heterocycles. The Hall–Kier alpha value is -0.440. The van der Waals surface area contributed by atoms with Gasteiger partial charge >= 0.3 is 0 Å². The molecule has 2 N–H and O–H groups in total. The molecule has 1 aromatic carbocycles. The zero-order valence-corrected chi connectivity index (χ0v) is 9.44. The molecule has 1 aromatic rings. The first-order chi connectivity index (χ1) is 6.63. The molecule has 1 unspecified atom stereocenters. The van der Waals surface area contributed by atoms with Crippen molar-refractivity contribution in [3.63, 3.8) is 0 Å². The van der Waals surface area contributed by atoms with E-state index in [0.29, 0.717) is 16.6 Å². The van der Waals surface area contributed by atoms with Crippen molar-refractivity contribution >= 4 is 28.9 Å². The highest BCUT2D eigenvalue weighted by molar-refractivity contribution is 6.36. The standard InChI is InChI=1S/C10H13Cl2NO/c1-2-8(14)6-13-10-4-3-7(11)5-9(10)12/h3-5,8,13-14H,2,6H2,1H3. The van der Waals surface area contributed by atoms with Crippen molar-refractivity contribution in [2.75, 3.05) is 11.9 Å². The highest BCUT2D eigenvalue weighted by Crippen LogP contribution is 2.25. The van der Waals surface area contributed by atoms with E-state index in [0.717, 1.165) is 12.1 Å². The van der Waals surface area contributed by atoms with E-state index in [2.05, 4.69) is 5.32 Å². The van der Waals surface area contributed by atoms with E-state index in [-0.39, 0.29) is 6.10 Å². The molecule has 0 aliphatic heterocycles. The molecule has 2 nitrogen and oxygen atoms in total. The molecule has 1 rings (SSSR count). The van der Waals surface area contributed by atoms with E-state index in [1.807, 2.05) is 6.92 Å². The molecule has 0 saturated carbocycles. The number of aliphatic hydroxyl groups is 1. The monoisotopic (exact) mass is 233 g/mol. The van der Waals surface area contributed by atoms with Gasteiger partial charge in [0.1, 0.15) is 0 Å². The van der Waals surface area contributed by atoms with Crippen LogP contribution in [0.5, 0.6) is 0 Å². The van der Waals surface area contributed by atoms with E-state index in [1.165, 1.54) is 0 Å². The summed E-state index contributed by atoms with van der Waals surface area (Å²) in [5.74, 6) is 0. The maximum absolute atomic E-state index is 9.33. The maximum atomic E-state index is 9.33. The van der Waals surface area contributed by atoms with Crippen molar-refractivity contribution in [1.82, 2.24) is 0 Å². The quantitative estimate of drug-likeness (QED) is 0.838. The number of benzene rings is 1. The normalized spacial score (nSPS) is 12.6. The van der Waals surface area contributed by atoms with Gasteiger partial charge in [0.05, 0.1) is 16.8 Å². The minimum Gasteiger partial charge on any atom is -0.391 e. The average Bonchev–Trinajstić information content (AvgIpc) is 2.16. The first-order valence-electron chi connectivity index (χ1n) is 4.50. The summed E-state index contributed by atoms with van der Waals surface area (Å²) < 4.78 is 0. The summed E-state index contributed by atoms with van der Waals surface area (Å²) >= 11 is 11.7. The van der Waals surface area contributed by atoms with Crippen molar-refractivity contribution in [3.8, 4) is 0 Å². The number of hydrogen-bond donors (Lipinski definition) is 2. The number of nitrogens with one attached hydrogen (secondary N) is 1. The fourth-order valence-electron chi connectivity index (χ4n) is 1.00. The lowest BCUT2D eigenvalue weighted by molar-refractivity contribution is 0.183. The van der Waals surface area contributed by atoms with Crippen LogP contribution >= 0.6 is 23.2 Å². The van der Waals surface area contributed by atoms with Crippen molar-refractivity contribution in [3.05, 3.63) is 28.2 Å². The lowest BCUT2D eigenvalue weighted by atomic mass is 10.2. The maximum Gasteiger partial charge on any atom is 0.0709 e.